The zero-order chi connectivity index (χ0) is 13.8. The highest BCUT2D eigenvalue weighted by Gasteiger charge is 2.34. The first-order valence-corrected chi connectivity index (χ1v) is 6.45. The van der Waals surface area contributed by atoms with E-state index in [0.717, 1.165) is 17.9 Å². The first-order chi connectivity index (χ1) is 8.43. The van der Waals surface area contributed by atoms with Crippen molar-refractivity contribution in [2.75, 3.05) is 27.7 Å². The Morgan fingerprint density at radius 3 is 2.56 bits per heavy atom. The topological polar surface area (TPSA) is 32.7 Å². The summed E-state index contributed by atoms with van der Waals surface area (Å²) in [7, 11) is 5.70. The largest absolute Gasteiger partial charge is 0.497 e. The summed E-state index contributed by atoms with van der Waals surface area (Å²) in [6.45, 7) is 4.95. The van der Waals surface area contributed by atoms with Crippen LogP contribution in [0.4, 0.5) is 0 Å². The average molecular weight is 251 g/mol. The number of hydrogen-bond donors (Lipinski definition) is 1. The van der Waals surface area contributed by atoms with Crippen molar-refractivity contribution in [1.82, 2.24) is 4.90 Å². The third-order valence-electron chi connectivity index (χ3n) is 3.56. The van der Waals surface area contributed by atoms with Crippen molar-refractivity contribution in [3.8, 4) is 5.75 Å². The highest BCUT2D eigenvalue weighted by Crippen LogP contribution is 2.34. The molecule has 1 N–H and O–H groups in total. The number of aliphatic hydroxyl groups is 1. The van der Waals surface area contributed by atoms with Crippen molar-refractivity contribution in [3.63, 3.8) is 0 Å². The van der Waals surface area contributed by atoms with E-state index in [9.17, 15) is 5.11 Å². The Kier molecular flexibility index (Phi) is 5.17. The molecule has 0 saturated heterocycles. The van der Waals surface area contributed by atoms with Crippen LogP contribution in [-0.2, 0) is 5.60 Å². The molecule has 3 heteroatoms. The van der Waals surface area contributed by atoms with Gasteiger partial charge < -0.3 is 14.7 Å². The fourth-order valence-corrected chi connectivity index (χ4v) is 2.43. The molecule has 3 nitrogen and oxygen atoms in total. The van der Waals surface area contributed by atoms with Gasteiger partial charge in [0.05, 0.1) is 12.7 Å². The molecule has 18 heavy (non-hydrogen) atoms. The molecule has 0 bridgehead atoms. The summed E-state index contributed by atoms with van der Waals surface area (Å²) in [5.74, 6) is 0.945. The smallest absolute Gasteiger partial charge is 0.119 e. The molecule has 2 unspecified atom stereocenters. The van der Waals surface area contributed by atoms with E-state index >= 15 is 0 Å². The first kappa shape index (κ1) is 15.0. The molecule has 0 aliphatic heterocycles. The van der Waals surface area contributed by atoms with Crippen LogP contribution in [0.5, 0.6) is 5.75 Å². The van der Waals surface area contributed by atoms with Gasteiger partial charge in [0.1, 0.15) is 5.75 Å². The normalized spacial score (nSPS) is 16.4. The van der Waals surface area contributed by atoms with Crippen LogP contribution in [0, 0.1) is 5.92 Å². The van der Waals surface area contributed by atoms with Crippen LogP contribution >= 0.6 is 0 Å². The second-order valence-corrected chi connectivity index (χ2v) is 5.17. The summed E-state index contributed by atoms with van der Waals surface area (Å²) in [6.07, 6.45) is 0.690. The summed E-state index contributed by atoms with van der Waals surface area (Å²) in [5.41, 5.74) is 0.123. The van der Waals surface area contributed by atoms with E-state index in [4.69, 9.17) is 4.74 Å². The SMILES string of the molecule is CCC(O)(c1cccc(OC)c1)C(C)CN(C)C. The predicted molar refractivity (Wildman–Crippen MR) is 74.9 cm³/mol. The number of ether oxygens (including phenoxy) is 1. The van der Waals surface area contributed by atoms with E-state index in [0.29, 0.717) is 6.42 Å². The van der Waals surface area contributed by atoms with Gasteiger partial charge in [-0.1, -0.05) is 26.0 Å². The minimum atomic E-state index is -0.807. The maximum Gasteiger partial charge on any atom is 0.119 e. The van der Waals surface area contributed by atoms with E-state index in [1.54, 1.807) is 7.11 Å². The van der Waals surface area contributed by atoms with Gasteiger partial charge in [-0.25, -0.2) is 0 Å². The molecule has 0 amide bonds. The number of benzene rings is 1. The Labute approximate surface area is 110 Å². The molecule has 102 valence electrons. The molecule has 1 rings (SSSR count). The molecule has 0 radical (unpaired) electrons. The van der Waals surface area contributed by atoms with E-state index in [1.165, 1.54) is 0 Å². The summed E-state index contributed by atoms with van der Waals surface area (Å²) in [4.78, 5) is 2.10. The number of hydrogen-bond acceptors (Lipinski definition) is 3. The highest BCUT2D eigenvalue weighted by atomic mass is 16.5. The standard InChI is InChI=1S/C15H25NO2/c1-6-15(17,12(2)11-16(3)4)13-8-7-9-14(10-13)18-5/h7-10,12,17H,6,11H2,1-5H3. The van der Waals surface area contributed by atoms with Gasteiger partial charge in [0.25, 0.3) is 0 Å². The fraction of sp³-hybridized carbons (Fsp3) is 0.600. The lowest BCUT2D eigenvalue weighted by molar-refractivity contribution is -0.0293. The molecular weight excluding hydrogens is 226 g/mol. The van der Waals surface area contributed by atoms with Gasteiger partial charge in [-0.2, -0.15) is 0 Å². The highest BCUT2D eigenvalue weighted by molar-refractivity contribution is 5.32. The Bertz CT molecular complexity index is 379. The van der Waals surface area contributed by atoms with Gasteiger partial charge in [0.2, 0.25) is 0 Å². The molecule has 0 aliphatic carbocycles. The molecule has 1 aromatic rings. The van der Waals surface area contributed by atoms with Crippen molar-refractivity contribution in [3.05, 3.63) is 29.8 Å². The Balaban J connectivity index is 3.05. The van der Waals surface area contributed by atoms with E-state index in [2.05, 4.69) is 11.8 Å². The molecule has 1 aromatic carbocycles. The van der Waals surface area contributed by atoms with Gasteiger partial charge >= 0.3 is 0 Å². The number of nitrogens with zero attached hydrogens (tertiary/aromatic N) is 1. The minimum absolute atomic E-state index is 0.157. The quantitative estimate of drug-likeness (QED) is 0.843. The molecule has 0 fully saturated rings. The lowest BCUT2D eigenvalue weighted by Crippen LogP contribution is -2.38. The molecular formula is C15H25NO2. The molecule has 0 aromatic heterocycles. The van der Waals surface area contributed by atoms with Crippen molar-refractivity contribution >= 4 is 0 Å². The third kappa shape index (κ3) is 3.24. The zero-order valence-electron chi connectivity index (χ0n) is 12.1. The summed E-state index contributed by atoms with van der Waals surface area (Å²) in [5, 5.41) is 10.9. The first-order valence-electron chi connectivity index (χ1n) is 6.45. The number of methoxy groups -OCH3 is 1. The second kappa shape index (κ2) is 6.21. The van der Waals surface area contributed by atoms with Crippen molar-refractivity contribution in [2.45, 2.75) is 25.9 Å². The Morgan fingerprint density at radius 2 is 2.06 bits per heavy atom. The predicted octanol–water partition coefficient (Wildman–Crippen LogP) is 2.49. The molecule has 0 spiro atoms. The van der Waals surface area contributed by atoms with Crippen LogP contribution in [-0.4, -0.2) is 37.8 Å². The second-order valence-electron chi connectivity index (χ2n) is 5.17. The van der Waals surface area contributed by atoms with Crippen LogP contribution in [0.1, 0.15) is 25.8 Å². The summed E-state index contributed by atoms with van der Waals surface area (Å²) >= 11 is 0. The van der Waals surface area contributed by atoms with Gasteiger partial charge in [0.15, 0.2) is 0 Å². The minimum Gasteiger partial charge on any atom is -0.497 e. The van der Waals surface area contributed by atoms with Crippen LogP contribution in [0.3, 0.4) is 0 Å². The van der Waals surface area contributed by atoms with E-state index in [1.807, 2.05) is 45.3 Å². The molecule has 2 atom stereocenters. The maximum absolute atomic E-state index is 10.9. The van der Waals surface area contributed by atoms with Crippen LogP contribution < -0.4 is 4.74 Å². The van der Waals surface area contributed by atoms with Crippen LogP contribution in [0.15, 0.2) is 24.3 Å². The monoisotopic (exact) mass is 251 g/mol. The zero-order valence-corrected chi connectivity index (χ0v) is 12.1. The van der Waals surface area contributed by atoms with Crippen LogP contribution in [0.2, 0.25) is 0 Å². The summed E-state index contributed by atoms with van der Waals surface area (Å²) in [6, 6.07) is 7.72. The van der Waals surface area contributed by atoms with E-state index < -0.39 is 5.60 Å². The fourth-order valence-electron chi connectivity index (χ4n) is 2.43. The van der Waals surface area contributed by atoms with Crippen molar-refractivity contribution < 1.29 is 9.84 Å². The molecule has 0 saturated carbocycles. The van der Waals surface area contributed by atoms with Crippen molar-refractivity contribution in [1.29, 1.82) is 0 Å². The van der Waals surface area contributed by atoms with Gasteiger partial charge in [-0.15, -0.1) is 0 Å². The molecule has 0 heterocycles. The van der Waals surface area contributed by atoms with Gasteiger partial charge in [0, 0.05) is 12.5 Å². The lowest BCUT2D eigenvalue weighted by atomic mass is 9.80. The van der Waals surface area contributed by atoms with Gasteiger partial charge in [-0.05, 0) is 38.2 Å². The van der Waals surface area contributed by atoms with E-state index in [-0.39, 0.29) is 5.92 Å². The average Bonchev–Trinajstić information content (AvgIpc) is 2.37. The van der Waals surface area contributed by atoms with Gasteiger partial charge in [-0.3, -0.25) is 0 Å². The summed E-state index contributed by atoms with van der Waals surface area (Å²) < 4.78 is 5.23. The van der Waals surface area contributed by atoms with Crippen LogP contribution in [0.25, 0.3) is 0 Å². The molecule has 0 aliphatic rings. The lowest BCUT2D eigenvalue weighted by Gasteiger charge is -2.35. The Morgan fingerprint density at radius 1 is 1.39 bits per heavy atom. The maximum atomic E-state index is 10.9. The third-order valence-corrected chi connectivity index (χ3v) is 3.56. The number of rotatable bonds is 6. The van der Waals surface area contributed by atoms with Crippen molar-refractivity contribution in [2.24, 2.45) is 5.92 Å². The Hall–Kier alpha value is -1.06.